The molecule has 0 radical (unpaired) electrons. The van der Waals surface area contributed by atoms with Crippen LogP contribution in [0.2, 0.25) is 3.43 Å². The first-order valence-corrected chi connectivity index (χ1v) is 18.8. The molecular formula is C27H21BrHgN4O3S. The summed E-state index contributed by atoms with van der Waals surface area (Å²) < 4.78 is 4.36. The SMILES string of the molecule is Cc1c(N2C(=O)[CH]([Hg][c]3ccc(Br)cc3)C(=O)N(c3ccccc3)C2=S)c(=O)n(-c2ccccc2)n1C. The molecule has 0 aliphatic carbocycles. The molecule has 2 heterocycles. The second-order valence-corrected chi connectivity index (χ2v) is 18.0. The summed E-state index contributed by atoms with van der Waals surface area (Å²) in [6.45, 7) is 1.78. The summed E-state index contributed by atoms with van der Waals surface area (Å²) >= 11 is 6.83. The Kier molecular flexibility index (Phi) is 7.29. The molecule has 1 aliphatic heterocycles. The molecule has 37 heavy (non-hydrogen) atoms. The number of aromatic nitrogens is 2. The van der Waals surface area contributed by atoms with Crippen molar-refractivity contribution >= 4 is 59.5 Å². The zero-order valence-corrected chi connectivity index (χ0v) is 28.1. The molecule has 0 spiro atoms. The molecule has 1 unspecified atom stereocenters. The van der Waals surface area contributed by atoms with Gasteiger partial charge in [0.2, 0.25) is 0 Å². The van der Waals surface area contributed by atoms with E-state index in [0.29, 0.717) is 17.1 Å². The van der Waals surface area contributed by atoms with Crippen molar-refractivity contribution < 1.29 is 34.2 Å². The molecule has 182 valence electrons. The van der Waals surface area contributed by atoms with Gasteiger partial charge in [0.15, 0.2) is 0 Å². The maximum atomic E-state index is 14.0. The van der Waals surface area contributed by atoms with Crippen molar-refractivity contribution in [2.75, 3.05) is 9.80 Å². The van der Waals surface area contributed by atoms with Crippen LogP contribution >= 0.6 is 28.1 Å². The molecule has 7 nitrogen and oxygen atoms in total. The second kappa shape index (κ2) is 10.5. The van der Waals surface area contributed by atoms with Gasteiger partial charge >= 0.3 is 241 Å². The Morgan fingerprint density at radius 3 is 1.92 bits per heavy atom. The van der Waals surface area contributed by atoms with Crippen LogP contribution in [0.25, 0.3) is 5.69 Å². The number of anilines is 2. The molecule has 1 saturated heterocycles. The monoisotopic (exact) mass is 762 g/mol. The predicted molar refractivity (Wildman–Crippen MR) is 147 cm³/mol. The fraction of sp³-hybridized carbons (Fsp3) is 0.111. The standard InChI is InChI=1S/C21H17N4O3S.C6H4Br.Hg/c1-14-19(20(28)25(22(14)2)16-11-7-4-8-12-16)24-18(27)13-17(26)23(21(24)29)15-9-5-3-6-10-15;7-6-4-2-1-3-5-6;/h3-13H,1-2H3;2-5H;. The van der Waals surface area contributed by atoms with E-state index in [0.717, 1.165) is 7.54 Å². The molecule has 0 N–H and O–H groups in total. The van der Waals surface area contributed by atoms with Crippen molar-refractivity contribution in [1.82, 2.24) is 9.36 Å². The van der Waals surface area contributed by atoms with E-state index in [2.05, 4.69) is 15.9 Å². The van der Waals surface area contributed by atoms with E-state index in [-0.39, 0.29) is 22.3 Å². The molecule has 0 saturated carbocycles. The van der Waals surface area contributed by atoms with Gasteiger partial charge in [-0.3, -0.25) is 0 Å². The minimum atomic E-state index is -2.38. The number of thiocarbonyl (C=S) groups is 1. The van der Waals surface area contributed by atoms with Crippen molar-refractivity contribution in [3.8, 4) is 5.69 Å². The van der Waals surface area contributed by atoms with Crippen LogP contribution in [0.4, 0.5) is 11.4 Å². The number of hydrogen-bond donors (Lipinski definition) is 0. The second-order valence-electron chi connectivity index (χ2n) is 8.76. The Hall–Kier alpha value is -2.88. The van der Waals surface area contributed by atoms with Gasteiger partial charge in [0, 0.05) is 0 Å². The van der Waals surface area contributed by atoms with Crippen molar-refractivity contribution in [3.63, 3.8) is 0 Å². The van der Waals surface area contributed by atoms with E-state index in [1.807, 2.05) is 72.8 Å². The minimum absolute atomic E-state index is 0.00679. The van der Waals surface area contributed by atoms with E-state index in [9.17, 15) is 14.4 Å². The average molecular weight is 762 g/mol. The van der Waals surface area contributed by atoms with E-state index < -0.39 is 33.9 Å². The molecule has 10 heteroatoms. The molecule has 2 amide bonds. The molecule has 5 rings (SSSR count). The normalized spacial score (nSPS) is 15.8. The van der Waals surface area contributed by atoms with Crippen LogP contribution in [0.5, 0.6) is 0 Å². The number of nitrogens with zero attached hydrogens (tertiary/aromatic N) is 4. The Morgan fingerprint density at radius 1 is 0.784 bits per heavy atom. The molecule has 0 bridgehead atoms. The summed E-state index contributed by atoms with van der Waals surface area (Å²) in [5, 5.41) is -0.00679. The van der Waals surface area contributed by atoms with Crippen LogP contribution in [0.3, 0.4) is 0 Å². The third kappa shape index (κ3) is 4.64. The van der Waals surface area contributed by atoms with E-state index in [1.54, 1.807) is 30.8 Å². The summed E-state index contributed by atoms with van der Waals surface area (Å²) in [5.74, 6) is -0.739. The van der Waals surface area contributed by atoms with Gasteiger partial charge < -0.3 is 0 Å². The number of halogens is 1. The first-order valence-electron chi connectivity index (χ1n) is 11.6. The molecule has 1 fully saturated rings. The van der Waals surface area contributed by atoms with E-state index in [1.165, 1.54) is 14.5 Å². The van der Waals surface area contributed by atoms with Crippen molar-refractivity contribution in [1.29, 1.82) is 0 Å². The fourth-order valence-electron chi connectivity index (χ4n) is 4.57. The van der Waals surface area contributed by atoms with Crippen LogP contribution < -0.4 is 18.4 Å². The van der Waals surface area contributed by atoms with Gasteiger partial charge in [0.1, 0.15) is 0 Å². The summed E-state index contributed by atoms with van der Waals surface area (Å²) in [5.41, 5.74) is 1.61. The topological polar surface area (TPSA) is 67.6 Å². The molecular weight excluding hydrogens is 741 g/mol. The molecule has 1 aromatic heterocycles. The van der Waals surface area contributed by atoms with E-state index in [4.69, 9.17) is 12.2 Å². The van der Waals surface area contributed by atoms with Crippen LogP contribution in [-0.4, -0.2) is 26.3 Å². The average Bonchev–Trinajstić information content (AvgIpc) is 3.12. The number of carbonyl (C=O) groups excluding carboxylic acids is 2. The van der Waals surface area contributed by atoms with Gasteiger partial charge in [0.05, 0.1) is 0 Å². The van der Waals surface area contributed by atoms with Crippen LogP contribution in [-0.2, 0) is 41.2 Å². The van der Waals surface area contributed by atoms with Crippen LogP contribution in [0.1, 0.15) is 5.69 Å². The Morgan fingerprint density at radius 2 is 1.32 bits per heavy atom. The third-order valence-electron chi connectivity index (χ3n) is 6.53. The number of hydrogen-bond acceptors (Lipinski definition) is 4. The fourth-order valence-corrected chi connectivity index (χ4v) is 11.8. The van der Waals surface area contributed by atoms with Gasteiger partial charge in [-0.05, 0) is 0 Å². The number of rotatable bonds is 5. The van der Waals surface area contributed by atoms with Gasteiger partial charge in [0.25, 0.3) is 0 Å². The maximum absolute atomic E-state index is 14.0. The predicted octanol–water partition coefficient (Wildman–Crippen LogP) is 4.11. The summed E-state index contributed by atoms with van der Waals surface area (Å²) in [4.78, 5) is 44.4. The van der Waals surface area contributed by atoms with Crippen molar-refractivity contribution in [3.05, 3.63) is 105 Å². The Bertz CT molecular complexity index is 1570. The van der Waals surface area contributed by atoms with Gasteiger partial charge in [-0.25, -0.2) is 0 Å². The molecule has 3 aromatic carbocycles. The number of para-hydroxylation sites is 2. The Labute approximate surface area is 239 Å². The van der Waals surface area contributed by atoms with E-state index >= 15 is 0 Å². The quantitative estimate of drug-likeness (QED) is 0.175. The van der Waals surface area contributed by atoms with Crippen molar-refractivity contribution in [2.24, 2.45) is 7.05 Å². The number of benzene rings is 3. The van der Waals surface area contributed by atoms with Gasteiger partial charge in [-0.2, -0.15) is 0 Å². The zero-order valence-electron chi connectivity index (χ0n) is 20.2. The summed E-state index contributed by atoms with van der Waals surface area (Å²) in [7, 11) is 1.77. The van der Waals surface area contributed by atoms with Crippen molar-refractivity contribution in [2.45, 2.75) is 10.4 Å². The van der Waals surface area contributed by atoms with Gasteiger partial charge in [-0.15, -0.1) is 0 Å². The summed E-state index contributed by atoms with van der Waals surface area (Å²) in [6, 6.07) is 26.0. The van der Waals surface area contributed by atoms with Crippen LogP contribution in [0.15, 0.2) is 94.2 Å². The summed E-state index contributed by atoms with van der Waals surface area (Å²) in [6.07, 6.45) is 0. The molecule has 1 aliphatic rings. The number of amides is 2. The third-order valence-corrected chi connectivity index (χ3v) is 15.4. The first kappa shape index (κ1) is 25.8. The Balaban J connectivity index is 1.66. The van der Waals surface area contributed by atoms with Crippen LogP contribution in [0, 0.1) is 6.92 Å². The van der Waals surface area contributed by atoms with Gasteiger partial charge in [-0.1, -0.05) is 0 Å². The zero-order chi connectivity index (χ0) is 26.3. The first-order chi connectivity index (χ1) is 17.8. The molecule has 4 aromatic rings. The molecule has 1 atom stereocenters. The number of carbonyl (C=O) groups is 2.